The number of ether oxygens (including phenoxy) is 1. The Bertz CT molecular complexity index is 398. The lowest BCUT2D eigenvalue weighted by Gasteiger charge is -2.18. The molecule has 5 heteroatoms. The van der Waals surface area contributed by atoms with Gasteiger partial charge in [0.15, 0.2) is 0 Å². The standard InChI is InChI=1S/C11H16N4O/c1-9(2)15-10(13-8-14-15)5-11(6-12)3-4-16-7-11/h8-9H,3-5,7H2,1-2H3. The van der Waals surface area contributed by atoms with Crippen molar-refractivity contribution in [3.8, 4) is 6.07 Å². The van der Waals surface area contributed by atoms with Crippen LogP contribution in [0, 0.1) is 16.7 Å². The summed E-state index contributed by atoms with van der Waals surface area (Å²) >= 11 is 0. The summed E-state index contributed by atoms with van der Waals surface area (Å²) in [7, 11) is 0. The molecule has 2 heterocycles. The molecule has 0 radical (unpaired) electrons. The minimum atomic E-state index is -0.403. The first-order valence-corrected chi connectivity index (χ1v) is 5.54. The first kappa shape index (κ1) is 11.1. The van der Waals surface area contributed by atoms with Gasteiger partial charge in [0.1, 0.15) is 12.2 Å². The molecule has 1 atom stereocenters. The van der Waals surface area contributed by atoms with Gasteiger partial charge in [-0.2, -0.15) is 10.4 Å². The van der Waals surface area contributed by atoms with Crippen molar-refractivity contribution in [3.63, 3.8) is 0 Å². The molecule has 0 aromatic carbocycles. The molecule has 0 aliphatic carbocycles. The molecular formula is C11H16N4O. The second-order valence-electron chi connectivity index (χ2n) is 4.59. The number of hydrogen-bond acceptors (Lipinski definition) is 4. The van der Waals surface area contributed by atoms with Crippen molar-refractivity contribution in [2.24, 2.45) is 5.41 Å². The summed E-state index contributed by atoms with van der Waals surface area (Å²) in [6, 6.07) is 2.65. The SMILES string of the molecule is CC(C)n1ncnc1CC1(C#N)CCOC1. The Kier molecular flexibility index (Phi) is 2.92. The molecule has 16 heavy (non-hydrogen) atoms. The number of hydrogen-bond donors (Lipinski definition) is 0. The van der Waals surface area contributed by atoms with Crippen LogP contribution >= 0.6 is 0 Å². The Morgan fingerprint density at radius 1 is 1.69 bits per heavy atom. The largest absolute Gasteiger partial charge is 0.380 e. The molecular weight excluding hydrogens is 204 g/mol. The number of rotatable bonds is 3. The van der Waals surface area contributed by atoms with Crippen molar-refractivity contribution in [2.45, 2.75) is 32.7 Å². The van der Waals surface area contributed by atoms with Crippen molar-refractivity contribution in [3.05, 3.63) is 12.2 Å². The van der Waals surface area contributed by atoms with Crippen LogP contribution in [0.5, 0.6) is 0 Å². The van der Waals surface area contributed by atoms with Crippen molar-refractivity contribution >= 4 is 0 Å². The molecule has 0 saturated carbocycles. The molecule has 0 N–H and O–H groups in total. The summed E-state index contributed by atoms with van der Waals surface area (Å²) in [4.78, 5) is 4.24. The third-order valence-electron chi connectivity index (χ3n) is 2.97. The van der Waals surface area contributed by atoms with E-state index in [0.29, 0.717) is 19.6 Å². The van der Waals surface area contributed by atoms with Crippen LogP contribution in [-0.4, -0.2) is 28.0 Å². The maximum absolute atomic E-state index is 9.26. The zero-order valence-corrected chi connectivity index (χ0v) is 9.68. The molecule has 86 valence electrons. The Hall–Kier alpha value is -1.41. The summed E-state index contributed by atoms with van der Waals surface area (Å²) < 4.78 is 7.19. The quantitative estimate of drug-likeness (QED) is 0.771. The summed E-state index contributed by atoms with van der Waals surface area (Å²) in [5, 5.41) is 13.4. The predicted molar refractivity (Wildman–Crippen MR) is 57.6 cm³/mol. The molecule has 5 nitrogen and oxygen atoms in total. The zero-order valence-electron chi connectivity index (χ0n) is 9.68. The van der Waals surface area contributed by atoms with E-state index in [0.717, 1.165) is 12.2 Å². The van der Waals surface area contributed by atoms with E-state index in [9.17, 15) is 5.26 Å². The van der Waals surface area contributed by atoms with E-state index in [4.69, 9.17) is 4.74 Å². The van der Waals surface area contributed by atoms with Gasteiger partial charge in [-0.15, -0.1) is 0 Å². The van der Waals surface area contributed by atoms with Gasteiger partial charge in [0.2, 0.25) is 0 Å². The van der Waals surface area contributed by atoms with E-state index >= 15 is 0 Å². The highest BCUT2D eigenvalue weighted by molar-refractivity contribution is 5.07. The van der Waals surface area contributed by atoms with Gasteiger partial charge in [0.25, 0.3) is 0 Å². The average molecular weight is 220 g/mol. The molecule has 1 fully saturated rings. The van der Waals surface area contributed by atoms with Crippen LogP contribution in [0.4, 0.5) is 0 Å². The fourth-order valence-electron chi connectivity index (χ4n) is 2.01. The van der Waals surface area contributed by atoms with Gasteiger partial charge in [-0.05, 0) is 20.3 Å². The second kappa shape index (κ2) is 4.22. The molecule has 1 aliphatic rings. The van der Waals surface area contributed by atoms with E-state index in [1.54, 1.807) is 6.33 Å². The first-order valence-electron chi connectivity index (χ1n) is 5.54. The molecule has 2 rings (SSSR count). The maximum atomic E-state index is 9.26. The normalized spacial score (nSPS) is 24.9. The third kappa shape index (κ3) is 1.93. The fourth-order valence-corrected chi connectivity index (χ4v) is 2.01. The van der Waals surface area contributed by atoms with E-state index < -0.39 is 5.41 Å². The van der Waals surface area contributed by atoms with Crippen molar-refractivity contribution < 1.29 is 4.74 Å². The Morgan fingerprint density at radius 3 is 3.06 bits per heavy atom. The van der Waals surface area contributed by atoms with Crippen LogP contribution < -0.4 is 0 Å². The van der Waals surface area contributed by atoms with Gasteiger partial charge in [-0.25, -0.2) is 9.67 Å². The van der Waals surface area contributed by atoms with Crippen molar-refractivity contribution in [1.29, 1.82) is 5.26 Å². The van der Waals surface area contributed by atoms with Gasteiger partial charge >= 0.3 is 0 Å². The number of nitriles is 1. The maximum Gasteiger partial charge on any atom is 0.138 e. The molecule has 1 unspecified atom stereocenters. The van der Waals surface area contributed by atoms with E-state index in [2.05, 4.69) is 30.0 Å². The summed E-state index contributed by atoms with van der Waals surface area (Å²) in [6.07, 6.45) is 2.96. The van der Waals surface area contributed by atoms with Gasteiger partial charge < -0.3 is 4.74 Å². The van der Waals surface area contributed by atoms with Gasteiger partial charge in [-0.1, -0.05) is 0 Å². The minimum Gasteiger partial charge on any atom is -0.380 e. The van der Waals surface area contributed by atoms with E-state index in [1.165, 1.54) is 0 Å². The van der Waals surface area contributed by atoms with E-state index in [1.807, 2.05) is 4.68 Å². The molecule has 0 amide bonds. The minimum absolute atomic E-state index is 0.274. The van der Waals surface area contributed by atoms with Crippen LogP contribution in [-0.2, 0) is 11.2 Å². The Labute approximate surface area is 95.0 Å². The summed E-state index contributed by atoms with van der Waals surface area (Å²) in [6.45, 7) is 5.29. The van der Waals surface area contributed by atoms with Crippen LogP contribution in [0.1, 0.15) is 32.1 Å². The van der Waals surface area contributed by atoms with Crippen LogP contribution in [0.2, 0.25) is 0 Å². The molecule has 1 aromatic heterocycles. The summed E-state index contributed by atoms with van der Waals surface area (Å²) in [5.41, 5.74) is -0.403. The molecule has 0 spiro atoms. The molecule has 1 saturated heterocycles. The lowest BCUT2D eigenvalue weighted by molar-refractivity contribution is 0.170. The molecule has 0 bridgehead atoms. The topological polar surface area (TPSA) is 63.7 Å². The van der Waals surface area contributed by atoms with Crippen LogP contribution in [0.3, 0.4) is 0 Å². The highest BCUT2D eigenvalue weighted by atomic mass is 16.5. The first-order chi connectivity index (χ1) is 7.67. The Balaban J connectivity index is 2.20. The highest BCUT2D eigenvalue weighted by Gasteiger charge is 2.36. The van der Waals surface area contributed by atoms with Gasteiger partial charge in [0, 0.05) is 19.1 Å². The zero-order chi connectivity index (χ0) is 11.6. The van der Waals surface area contributed by atoms with E-state index in [-0.39, 0.29) is 6.04 Å². The average Bonchev–Trinajstić information content (AvgIpc) is 2.88. The number of aromatic nitrogens is 3. The second-order valence-corrected chi connectivity index (χ2v) is 4.59. The fraction of sp³-hybridized carbons (Fsp3) is 0.727. The van der Waals surface area contributed by atoms with Gasteiger partial charge in [-0.3, -0.25) is 0 Å². The molecule has 1 aliphatic heterocycles. The van der Waals surface area contributed by atoms with Gasteiger partial charge in [0.05, 0.1) is 18.1 Å². The lowest BCUT2D eigenvalue weighted by atomic mass is 9.85. The lowest BCUT2D eigenvalue weighted by Crippen LogP contribution is -2.24. The summed E-state index contributed by atoms with van der Waals surface area (Å²) in [5.74, 6) is 0.877. The third-order valence-corrected chi connectivity index (χ3v) is 2.97. The predicted octanol–water partition coefficient (Wildman–Crippen LogP) is 1.33. The van der Waals surface area contributed by atoms with Crippen molar-refractivity contribution in [2.75, 3.05) is 13.2 Å². The number of nitrogens with zero attached hydrogens (tertiary/aromatic N) is 4. The molecule has 1 aromatic rings. The monoisotopic (exact) mass is 220 g/mol. The van der Waals surface area contributed by atoms with Crippen LogP contribution in [0.25, 0.3) is 0 Å². The van der Waals surface area contributed by atoms with Crippen LogP contribution in [0.15, 0.2) is 6.33 Å². The Morgan fingerprint density at radius 2 is 2.50 bits per heavy atom. The highest BCUT2D eigenvalue weighted by Crippen LogP contribution is 2.31. The van der Waals surface area contributed by atoms with Crippen molar-refractivity contribution in [1.82, 2.24) is 14.8 Å². The smallest absolute Gasteiger partial charge is 0.138 e.